The summed E-state index contributed by atoms with van der Waals surface area (Å²) in [5.41, 5.74) is 2.79. The van der Waals surface area contributed by atoms with Crippen LogP contribution in [0, 0.1) is 0 Å². The number of anilines is 1. The average molecular weight is 336 g/mol. The first kappa shape index (κ1) is 15.7. The van der Waals surface area contributed by atoms with Gasteiger partial charge in [0.25, 0.3) is 0 Å². The van der Waals surface area contributed by atoms with Gasteiger partial charge >= 0.3 is 0 Å². The maximum absolute atomic E-state index is 12.4. The molecule has 3 aromatic heterocycles. The lowest BCUT2D eigenvalue weighted by Crippen LogP contribution is -2.37. The summed E-state index contributed by atoms with van der Waals surface area (Å²) in [7, 11) is 3.87. The first-order chi connectivity index (χ1) is 12.1. The molecule has 0 aliphatic carbocycles. The van der Waals surface area contributed by atoms with E-state index < -0.39 is 0 Å². The van der Waals surface area contributed by atoms with E-state index in [0.29, 0.717) is 5.82 Å². The maximum atomic E-state index is 12.4. The Morgan fingerprint density at radius 2 is 2.04 bits per heavy atom. The van der Waals surface area contributed by atoms with Gasteiger partial charge in [0, 0.05) is 36.0 Å². The van der Waals surface area contributed by atoms with Gasteiger partial charge in [0.2, 0.25) is 5.91 Å². The van der Waals surface area contributed by atoms with E-state index in [4.69, 9.17) is 0 Å². The quantitative estimate of drug-likeness (QED) is 0.792. The van der Waals surface area contributed by atoms with Crippen LogP contribution in [0.3, 0.4) is 0 Å². The SMILES string of the molecule is CN1CCCC1C(=O)Nc1cc2cc(-c3cnn(C)c3)cnc2cn1. The van der Waals surface area contributed by atoms with Crippen molar-refractivity contribution in [2.24, 2.45) is 7.05 Å². The first-order valence-corrected chi connectivity index (χ1v) is 8.36. The molecule has 128 valence electrons. The Bertz CT molecular complexity index is 934. The van der Waals surface area contributed by atoms with E-state index in [1.807, 2.05) is 44.8 Å². The van der Waals surface area contributed by atoms with Gasteiger partial charge in [-0.25, -0.2) is 4.98 Å². The van der Waals surface area contributed by atoms with Gasteiger partial charge in [-0.3, -0.25) is 19.4 Å². The topological polar surface area (TPSA) is 75.9 Å². The largest absolute Gasteiger partial charge is 0.309 e. The second kappa shape index (κ2) is 6.25. The minimum atomic E-state index is -0.0719. The van der Waals surface area contributed by atoms with Crippen LogP contribution in [0.2, 0.25) is 0 Å². The maximum Gasteiger partial charge on any atom is 0.242 e. The summed E-state index contributed by atoms with van der Waals surface area (Å²) in [6, 6.07) is 3.84. The van der Waals surface area contributed by atoms with Crippen molar-refractivity contribution in [3.63, 3.8) is 0 Å². The van der Waals surface area contributed by atoms with Crippen LogP contribution in [0.5, 0.6) is 0 Å². The van der Waals surface area contributed by atoms with Gasteiger partial charge < -0.3 is 5.32 Å². The number of nitrogens with one attached hydrogen (secondary N) is 1. The van der Waals surface area contributed by atoms with Crippen LogP contribution < -0.4 is 5.32 Å². The number of amides is 1. The molecule has 1 amide bonds. The van der Waals surface area contributed by atoms with E-state index in [2.05, 4.69) is 25.3 Å². The summed E-state index contributed by atoms with van der Waals surface area (Å²) in [5, 5.41) is 8.07. The molecule has 1 N–H and O–H groups in total. The molecule has 1 unspecified atom stereocenters. The number of aryl methyl sites for hydroxylation is 1. The normalized spacial score (nSPS) is 17.9. The number of carbonyl (C=O) groups excluding carboxylic acids is 1. The second-order valence-corrected chi connectivity index (χ2v) is 6.52. The second-order valence-electron chi connectivity index (χ2n) is 6.52. The van der Waals surface area contributed by atoms with E-state index >= 15 is 0 Å². The number of rotatable bonds is 3. The molecule has 7 heteroatoms. The van der Waals surface area contributed by atoms with E-state index in [0.717, 1.165) is 41.4 Å². The fraction of sp³-hybridized carbons (Fsp3) is 0.333. The molecule has 25 heavy (non-hydrogen) atoms. The molecule has 1 fully saturated rings. The summed E-state index contributed by atoms with van der Waals surface area (Å²) >= 11 is 0. The number of fused-ring (bicyclic) bond motifs is 1. The van der Waals surface area contributed by atoms with Crippen molar-refractivity contribution in [1.29, 1.82) is 0 Å². The van der Waals surface area contributed by atoms with Crippen LogP contribution >= 0.6 is 0 Å². The molecule has 4 rings (SSSR count). The molecule has 1 aliphatic rings. The molecule has 3 aromatic rings. The molecule has 1 aliphatic heterocycles. The van der Waals surface area contributed by atoms with Gasteiger partial charge in [-0.05, 0) is 38.6 Å². The van der Waals surface area contributed by atoms with Crippen molar-refractivity contribution in [2.45, 2.75) is 18.9 Å². The highest BCUT2D eigenvalue weighted by Crippen LogP contribution is 2.24. The van der Waals surface area contributed by atoms with Crippen LogP contribution in [0.15, 0.2) is 36.9 Å². The van der Waals surface area contributed by atoms with Gasteiger partial charge in [-0.15, -0.1) is 0 Å². The van der Waals surface area contributed by atoms with E-state index in [1.165, 1.54) is 0 Å². The van der Waals surface area contributed by atoms with E-state index in [-0.39, 0.29) is 11.9 Å². The van der Waals surface area contributed by atoms with E-state index in [1.54, 1.807) is 10.9 Å². The van der Waals surface area contributed by atoms with Crippen LogP contribution in [0.25, 0.3) is 22.0 Å². The number of pyridine rings is 2. The van der Waals surface area contributed by atoms with Crippen LogP contribution in [0.4, 0.5) is 5.82 Å². The summed E-state index contributed by atoms with van der Waals surface area (Å²) in [4.78, 5) is 23.3. The fourth-order valence-corrected chi connectivity index (χ4v) is 3.28. The molecule has 0 bridgehead atoms. The summed E-state index contributed by atoms with van der Waals surface area (Å²) < 4.78 is 1.76. The Balaban J connectivity index is 1.61. The Morgan fingerprint density at radius 1 is 1.16 bits per heavy atom. The van der Waals surface area contributed by atoms with Crippen molar-refractivity contribution in [2.75, 3.05) is 18.9 Å². The van der Waals surface area contributed by atoms with E-state index in [9.17, 15) is 4.79 Å². The summed E-state index contributed by atoms with van der Waals surface area (Å²) in [6.45, 7) is 0.960. The average Bonchev–Trinajstić information content (AvgIpc) is 3.22. The zero-order valence-corrected chi connectivity index (χ0v) is 14.3. The molecule has 4 heterocycles. The number of hydrogen-bond acceptors (Lipinski definition) is 5. The van der Waals surface area contributed by atoms with Crippen molar-refractivity contribution < 1.29 is 4.79 Å². The molecule has 0 saturated carbocycles. The smallest absolute Gasteiger partial charge is 0.242 e. The van der Waals surface area contributed by atoms with Crippen molar-refractivity contribution in [1.82, 2.24) is 24.6 Å². The highest BCUT2D eigenvalue weighted by Gasteiger charge is 2.27. The third kappa shape index (κ3) is 3.10. The Morgan fingerprint density at radius 3 is 2.76 bits per heavy atom. The number of nitrogens with zero attached hydrogens (tertiary/aromatic N) is 5. The molecule has 1 atom stereocenters. The predicted molar refractivity (Wildman–Crippen MR) is 96.0 cm³/mol. The summed E-state index contributed by atoms with van der Waals surface area (Å²) in [5.74, 6) is 0.561. The van der Waals surface area contributed by atoms with Crippen molar-refractivity contribution in [3.8, 4) is 11.1 Å². The third-order valence-electron chi connectivity index (χ3n) is 4.68. The minimum Gasteiger partial charge on any atom is -0.309 e. The number of hydrogen-bond donors (Lipinski definition) is 1. The Hall–Kier alpha value is -2.80. The van der Waals surface area contributed by atoms with Gasteiger partial charge in [0.05, 0.1) is 24.0 Å². The van der Waals surface area contributed by atoms with Crippen LogP contribution in [0.1, 0.15) is 12.8 Å². The zero-order chi connectivity index (χ0) is 17.4. The predicted octanol–water partition coefficient (Wildman–Crippen LogP) is 2.06. The fourth-order valence-electron chi connectivity index (χ4n) is 3.28. The third-order valence-corrected chi connectivity index (χ3v) is 4.68. The van der Waals surface area contributed by atoms with Gasteiger partial charge in [0.15, 0.2) is 0 Å². The molecule has 0 aromatic carbocycles. The highest BCUT2D eigenvalue weighted by atomic mass is 16.2. The number of aromatic nitrogens is 4. The molecule has 0 radical (unpaired) electrons. The summed E-state index contributed by atoms with van der Waals surface area (Å²) in [6.07, 6.45) is 9.20. The van der Waals surface area contributed by atoms with Gasteiger partial charge in [0.1, 0.15) is 5.82 Å². The standard InChI is InChI=1S/C18H20N6O/c1-23-5-3-4-16(23)18(25)22-17-7-12-6-13(8-19-15(12)10-20-17)14-9-21-24(2)11-14/h6-11,16H,3-5H2,1-2H3,(H,20,22,25). The van der Waals surface area contributed by atoms with Crippen LogP contribution in [-0.2, 0) is 11.8 Å². The minimum absolute atomic E-state index is 0.00298. The number of carbonyl (C=O) groups is 1. The molecule has 0 spiro atoms. The lowest BCUT2D eigenvalue weighted by atomic mass is 10.1. The number of likely N-dealkylation sites (tertiary alicyclic amines) is 1. The molecular weight excluding hydrogens is 316 g/mol. The van der Waals surface area contributed by atoms with Gasteiger partial charge in [-0.2, -0.15) is 5.10 Å². The lowest BCUT2D eigenvalue weighted by Gasteiger charge is -2.18. The lowest BCUT2D eigenvalue weighted by molar-refractivity contribution is -0.119. The van der Waals surface area contributed by atoms with Gasteiger partial charge in [-0.1, -0.05) is 0 Å². The Kier molecular flexibility index (Phi) is 3.93. The molecular formula is C18H20N6O. The highest BCUT2D eigenvalue weighted by molar-refractivity contribution is 5.96. The first-order valence-electron chi connectivity index (χ1n) is 8.36. The van der Waals surface area contributed by atoms with Crippen molar-refractivity contribution in [3.05, 3.63) is 36.9 Å². The zero-order valence-electron chi connectivity index (χ0n) is 14.3. The molecule has 7 nitrogen and oxygen atoms in total. The van der Waals surface area contributed by atoms with Crippen LogP contribution in [-0.4, -0.2) is 50.2 Å². The van der Waals surface area contributed by atoms with Crippen molar-refractivity contribution >= 4 is 22.6 Å². The monoisotopic (exact) mass is 336 g/mol. The Labute approximate surface area is 145 Å². The molecule has 1 saturated heterocycles. The number of likely N-dealkylation sites (N-methyl/N-ethyl adjacent to an activating group) is 1.